The number of Topliss-reactive ketones (excluding diaryl/α,β-unsaturated/α-hetero) is 1. The van der Waals surface area contributed by atoms with Crippen LogP contribution in [0.15, 0.2) is 0 Å². The molecule has 2 saturated heterocycles. The fraction of sp³-hybridized carbons (Fsp3) is 0.947. The molecule has 0 N–H and O–H groups in total. The van der Waals surface area contributed by atoms with Gasteiger partial charge in [0.05, 0.1) is 36.1 Å². The molecule has 0 aromatic carbocycles. The minimum atomic E-state index is -3.01. The van der Waals surface area contributed by atoms with Crippen molar-refractivity contribution in [2.24, 2.45) is 11.8 Å². The molecule has 0 bridgehead atoms. The molecule has 2 heterocycles. The molecule has 2 fully saturated rings. The lowest BCUT2D eigenvalue weighted by Gasteiger charge is -2.32. The van der Waals surface area contributed by atoms with Gasteiger partial charge in [-0.25, -0.2) is 16.8 Å². The zero-order valence-corrected chi connectivity index (χ0v) is 19.3. The quantitative estimate of drug-likeness (QED) is 0.501. The molecule has 164 valence electrons. The van der Waals surface area contributed by atoms with Crippen molar-refractivity contribution in [3.05, 3.63) is 0 Å². The van der Waals surface area contributed by atoms with Crippen molar-refractivity contribution in [2.45, 2.75) is 52.6 Å². The summed E-state index contributed by atoms with van der Waals surface area (Å²) in [7, 11) is -6.01. The van der Waals surface area contributed by atoms with Gasteiger partial charge in [0.1, 0.15) is 0 Å². The van der Waals surface area contributed by atoms with Crippen molar-refractivity contribution >= 4 is 25.5 Å². The minimum absolute atomic E-state index is 0.0369. The maximum Gasteiger partial charge on any atom is 0.160 e. The summed E-state index contributed by atoms with van der Waals surface area (Å²) in [6, 6.07) is -0.191. The maximum absolute atomic E-state index is 12.9. The molecule has 2 rings (SSSR count). The van der Waals surface area contributed by atoms with Crippen LogP contribution >= 0.6 is 0 Å². The Balaban J connectivity index is 2.03. The first-order valence-corrected chi connectivity index (χ1v) is 13.9. The summed E-state index contributed by atoms with van der Waals surface area (Å²) in [5.41, 5.74) is 0. The van der Waals surface area contributed by atoms with Gasteiger partial charge in [0.15, 0.2) is 25.5 Å². The summed E-state index contributed by atoms with van der Waals surface area (Å²) >= 11 is 0. The molecule has 0 spiro atoms. The fourth-order valence-corrected chi connectivity index (χ4v) is 7.78. The normalized spacial score (nSPS) is 26.7. The van der Waals surface area contributed by atoms with Gasteiger partial charge in [0.2, 0.25) is 0 Å². The van der Waals surface area contributed by atoms with Gasteiger partial charge in [-0.3, -0.25) is 14.6 Å². The van der Waals surface area contributed by atoms with Gasteiger partial charge in [-0.2, -0.15) is 0 Å². The molecule has 0 aromatic heterocycles. The lowest BCUT2D eigenvalue weighted by Crippen LogP contribution is -2.47. The van der Waals surface area contributed by atoms with Crippen LogP contribution in [0.4, 0.5) is 0 Å². The van der Waals surface area contributed by atoms with Crippen molar-refractivity contribution in [2.75, 3.05) is 49.2 Å². The second-order valence-electron chi connectivity index (χ2n) is 9.30. The highest BCUT2D eigenvalue weighted by Crippen LogP contribution is 2.21. The average Bonchev–Trinajstić information content (AvgIpc) is 3.07. The maximum atomic E-state index is 12.9. The van der Waals surface area contributed by atoms with Crippen LogP contribution in [0.25, 0.3) is 0 Å². The van der Waals surface area contributed by atoms with Crippen molar-refractivity contribution < 1.29 is 21.6 Å². The molecule has 0 aliphatic carbocycles. The van der Waals surface area contributed by atoms with Gasteiger partial charge in [-0.1, -0.05) is 27.7 Å². The van der Waals surface area contributed by atoms with Crippen molar-refractivity contribution in [1.29, 1.82) is 0 Å². The third-order valence-corrected chi connectivity index (χ3v) is 8.91. The highest BCUT2D eigenvalue weighted by atomic mass is 32.2. The van der Waals surface area contributed by atoms with E-state index in [0.29, 0.717) is 37.8 Å². The number of hydrogen-bond acceptors (Lipinski definition) is 7. The minimum Gasteiger partial charge on any atom is -0.297 e. The summed E-state index contributed by atoms with van der Waals surface area (Å²) < 4.78 is 47.5. The first-order valence-electron chi connectivity index (χ1n) is 10.3. The fourth-order valence-electron chi connectivity index (χ4n) is 4.25. The smallest absolute Gasteiger partial charge is 0.160 e. The standard InChI is InChI=1S/C19H36N2O5S2/c1-15(2)9-20(17-5-7-27(23,24)13-17)11-19(22)12-21(10-16(3)4)18-6-8-28(25,26)14-18/h15-18H,5-14H2,1-4H3/t17-,18-/m1/s1. The van der Waals surface area contributed by atoms with Crippen LogP contribution in [-0.4, -0.2) is 93.7 Å². The number of rotatable bonds is 10. The molecule has 28 heavy (non-hydrogen) atoms. The Bertz CT molecular complexity index is 684. The van der Waals surface area contributed by atoms with Crippen LogP contribution in [0.3, 0.4) is 0 Å². The van der Waals surface area contributed by atoms with Gasteiger partial charge in [0, 0.05) is 25.2 Å². The van der Waals surface area contributed by atoms with E-state index >= 15 is 0 Å². The monoisotopic (exact) mass is 436 g/mol. The molecule has 0 saturated carbocycles. The summed E-state index contributed by atoms with van der Waals surface area (Å²) in [6.45, 7) is 10.1. The second-order valence-corrected chi connectivity index (χ2v) is 13.8. The van der Waals surface area contributed by atoms with Crippen LogP contribution in [0.2, 0.25) is 0 Å². The van der Waals surface area contributed by atoms with Gasteiger partial charge in [0.25, 0.3) is 0 Å². The highest BCUT2D eigenvalue weighted by Gasteiger charge is 2.35. The average molecular weight is 437 g/mol. The summed E-state index contributed by atoms with van der Waals surface area (Å²) in [6.07, 6.45) is 1.16. The van der Waals surface area contributed by atoms with Crippen molar-refractivity contribution in [3.8, 4) is 0 Å². The number of hydrogen-bond donors (Lipinski definition) is 0. The second kappa shape index (κ2) is 9.53. The number of carbonyl (C=O) groups excluding carboxylic acids is 1. The van der Waals surface area contributed by atoms with E-state index in [4.69, 9.17) is 0 Å². The molecule has 0 radical (unpaired) electrons. The Hall–Kier alpha value is -0.510. The highest BCUT2D eigenvalue weighted by molar-refractivity contribution is 7.91. The summed E-state index contributed by atoms with van der Waals surface area (Å²) in [5, 5.41) is 0. The van der Waals surface area contributed by atoms with Crippen LogP contribution in [0.1, 0.15) is 40.5 Å². The molecule has 2 atom stereocenters. The lowest BCUT2D eigenvalue weighted by molar-refractivity contribution is -0.122. The molecular formula is C19H36N2O5S2. The van der Waals surface area contributed by atoms with E-state index < -0.39 is 19.7 Å². The Morgan fingerprint density at radius 2 is 1.14 bits per heavy atom. The van der Waals surface area contributed by atoms with Crippen LogP contribution in [-0.2, 0) is 24.5 Å². The first-order chi connectivity index (χ1) is 12.9. The largest absolute Gasteiger partial charge is 0.297 e. The van der Waals surface area contributed by atoms with Gasteiger partial charge in [-0.15, -0.1) is 0 Å². The molecule has 9 heteroatoms. The van der Waals surface area contributed by atoms with E-state index in [2.05, 4.69) is 27.7 Å². The number of nitrogens with zero attached hydrogens (tertiary/aromatic N) is 2. The van der Waals surface area contributed by atoms with Crippen LogP contribution in [0, 0.1) is 11.8 Å². The van der Waals surface area contributed by atoms with Crippen LogP contribution in [0.5, 0.6) is 0 Å². The predicted octanol–water partition coefficient (Wildman–Crippen LogP) is 0.846. The Morgan fingerprint density at radius 1 is 0.786 bits per heavy atom. The zero-order valence-electron chi connectivity index (χ0n) is 17.6. The molecule has 0 amide bonds. The Morgan fingerprint density at radius 3 is 1.39 bits per heavy atom. The molecule has 0 unspecified atom stereocenters. The van der Waals surface area contributed by atoms with E-state index in [9.17, 15) is 21.6 Å². The number of sulfone groups is 2. The topological polar surface area (TPSA) is 91.8 Å². The molecule has 0 aromatic rings. The van der Waals surface area contributed by atoms with E-state index in [1.807, 2.05) is 9.80 Å². The van der Waals surface area contributed by atoms with Gasteiger partial charge >= 0.3 is 0 Å². The number of ketones is 1. The van der Waals surface area contributed by atoms with E-state index in [0.717, 1.165) is 0 Å². The lowest BCUT2D eigenvalue weighted by atomic mass is 10.1. The van der Waals surface area contributed by atoms with E-state index in [1.54, 1.807) is 0 Å². The Labute approximate surface area is 170 Å². The first kappa shape index (κ1) is 23.8. The van der Waals surface area contributed by atoms with Gasteiger partial charge < -0.3 is 0 Å². The molecule has 7 nitrogen and oxygen atoms in total. The summed E-state index contributed by atoms with van der Waals surface area (Å²) in [4.78, 5) is 16.9. The molecule has 2 aliphatic heterocycles. The predicted molar refractivity (Wildman–Crippen MR) is 112 cm³/mol. The number of carbonyl (C=O) groups is 1. The van der Waals surface area contributed by atoms with E-state index in [1.165, 1.54) is 0 Å². The van der Waals surface area contributed by atoms with Crippen molar-refractivity contribution in [1.82, 2.24) is 9.80 Å². The third kappa shape index (κ3) is 7.39. The third-order valence-electron chi connectivity index (χ3n) is 5.41. The molecular weight excluding hydrogens is 400 g/mol. The van der Waals surface area contributed by atoms with Crippen LogP contribution < -0.4 is 0 Å². The Kier molecular flexibility index (Phi) is 8.09. The zero-order chi connectivity index (χ0) is 21.1. The van der Waals surface area contributed by atoms with E-state index in [-0.39, 0.29) is 54.0 Å². The van der Waals surface area contributed by atoms with Gasteiger partial charge in [-0.05, 0) is 24.7 Å². The van der Waals surface area contributed by atoms with Crippen molar-refractivity contribution in [3.63, 3.8) is 0 Å². The molecule has 2 aliphatic rings. The summed E-state index contributed by atoms with van der Waals surface area (Å²) in [5.74, 6) is 1.35. The SMILES string of the molecule is CC(C)CN(CC(=O)CN(CC(C)C)[C@@H]1CCS(=O)(=O)C1)[C@@H]1CCS(=O)(=O)C1.